The first kappa shape index (κ1) is 14.2. The van der Waals surface area contributed by atoms with Crippen molar-refractivity contribution in [2.24, 2.45) is 0 Å². The van der Waals surface area contributed by atoms with Gasteiger partial charge in [0.1, 0.15) is 0 Å². The highest BCUT2D eigenvalue weighted by Crippen LogP contribution is 2.29. The number of nitrogens with zero attached hydrogens (tertiary/aromatic N) is 1. The minimum absolute atomic E-state index is 0.0656. The molecule has 0 amide bonds. The Balaban J connectivity index is 2.34. The lowest BCUT2D eigenvalue weighted by atomic mass is 10.3. The molecule has 0 fully saturated rings. The zero-order valence-corrected chi connectivity index (χ0v) is 12.1. The summed E-state index contributed by atoms with van der Waals surface area (Å²) in [5, 5.41) is 6.49. The van der Waals surface area contributed by atoms with E-state index >= 15 is 0 Å². The Hall–Kier alpha value is -2.22. The van der Waals surface area contributed by atoms with Gasteiger partial charge in [0.25, 0.3) is 10.0 Å². The summed E-state index contributed by atoms with van der Waals surface area (Å²) in [4.78, 5) is 0.0656. The van der Waals surface area contributed by atoms with Crippen molar-refractivity contribution < 1.29 is 17.9 Å². The molecule has 2 aromatic rings. The highest BCUT2D eigenvalue weighted by atomic mass is 32.2. The molecule has 0 aliphatic rings. The summed E-state index contributed by atoms with van der Waals surface area (Å²) < 4.78 is 37.0. The Morgan fingerprint density at radius 1 is 1.15 bits per heavy atom. The number of sulfonamides is 1. The maximum absolute atomic E-state index is 12.2. The van der Waals surface area contributed by atoms with Gasteiger partial charge in [0, 0.05) is 17.8 Å². The van der Waals surface area contributed by atoms with Crippen molar-refractivity contribution in [2.45, 2.75) is 11.8 Å². The average Bonchev–Trinajstić information content (AvgIpc) is 2.82. The molecule has 2 N–H and O–H groups in total. The number of rotatable bonds is 5. The van der Waals surface area contributed by atoms with Crippen LogP contribution in [0.25, 0.3) is 0 Å². The summed E-state index contributed by atoms with van der Waals surface area (Å²) >= 11 is 0. The van der Waals surface area contributed by atoms with Crippen molar-refractivity contribution >= 4 is 15.8 Å². The number of hydrogen-bond donors (Lipinski definition) is 2. The van der Waals surface area contributed by atoms with Crippen LogP contribution < -0.4 is 14.2 Å². The Kier molecular flexibility index (Phi) is 3.84. The summed E-state index contributed by atoms with van der Waals surface area (Å²) in [7, 11) is -0.800. The minimum Gasteiger partial charge on any atom is -0.493 e. The molecular weight excluding hydrogens is 282 g/mol. The molecule has 0 spiro atoms. The van der Waals surface area contributed by atoms with E-state index in [1.54, 1.807) is 13.0 Å². The van der Waals surface area contributed by atoms with Gasteiger partial charge in [0.15, 0.2) is 17.3 Å². The smallest absolute Gasteiger partial charge is 0.263 e. The molecule has 0 radical (unpaired) electrons. The Bertz CT molecular complexity index is 709. The van der Waals surface area contributed by atoms with Crippen molar-refractivity contribution in [3.05, 3.63) is 30.0 Å². The van der Waals surface area contributed by atoms with E-state index in [0.717, 1.165) is 5.69 Å². The van der Waals surface area contributed by atoms with Crippen molar-refractivity contribution in [3.8, 4) is 11.5 Å². The summed E-state index contributed by atoms with van der Waals surface area (Å²) in [5.74, 6) is 1.04. The van der Waals surface area contributed by atoms with Crippen LogP contribution in [0.5, 0.6) is 11.5 Å². The number of aromatic amines is 1. The average molecular weight is 297 g/mol. The van der Waals surface area contributed by atoms with Crippen LogP contribution in [0, 0.1) is 6.92 Å². The minimum atomic E-state index is -3.73. The van der Waals surface area contributed by atoms with Gasteiger partial charge in [-0.1, -0.05) is 0 Å². The molecule has 0 bridgehead atoms. The fraction of sp³-hybridized carbons (Fsp3) is 0.250. The number of H-pyrrole nitrogens is 1. The Morgan fingerprint density at radius 3 is 2.40 bits per heavy atom. The van der Waals surface area contributed by atoms with Gasteiger partial charge in [-0.2, -0.15) is 5.10 Å². The van der Waals surface area contributed by atoms with Crippen molar-refractivity contribution in [1.29, 1.82) is 0 Å². The topological polar surface area (TPSA) is 93.3 Å². The Morgan fingerprint density at radius 2 is 1.85 bits per heavy atom. The van der Waals surface area contributed by atoms with Crippen LogP contribution in [0.4, 0.5) is 5.82 Å². The molecule has 0 aliphatic heterocycles. The number of aromatic nitrogens is 2. The van der Waals surface area contributed by atoms with Crippen LogP contribution in [0.15, 0.2) is 29.2 Å². The zero-order chi connectivity index (χ0) is 14.8. The first-order valence-corrected chi connectivity index (χ1v) is 7.21. The van der Waals surface area contributed by atoms with Crippen LogP contribution in [-0.4, -0.2) is 32.8 Å². The molecule has 108 valence electrons. The molecule has 20 heavy (non-hydrogen) atoms. The van der Waals surface area contributed by atoms with Crippen LogP contribution in [-0.2, 0) is 10.0 Å². The predicted molar refractivity (Wildman–Crippen MR) is 73.7 cm³/mol. The predicted octanol–water partition coefficient (Wildman–Crippen LogP) is 1.54. The van der Waals surface area contributed by atoms with Crippen molar-refractivity contribution in [2.75, 3.05) is 18.9 Å². The summed E-state index contributed by atoms with van der Waals surface area (Å²) in [6.07, 6.45) is 0. The first-order valence-electron chi connectivity index (χ1n) is 5.73. The van der Waals surface area contributed by atoms with Crippen molar-refractivity contribution in [3.63, 3.8) is 0 Å². The van der Waals surface area contributed by atoms with Gasteiger partial charge in [-0.05, 0) is 19.1 Å². The van der Waals surface area contributed by atoms with Gasteiger partial charge in [-0.25, -0.2) is 8.42 Å². The maximum atomic E-state index is 12.2. The fourth-order valence-electron chi connectivity index (χ4n) is 1.65. The van der Waals surface area contributed by atoms with E-state index in [1.807, 2.05) is 0 Å². The van der Waals surface area contributed by atoms with Crippen LogP contribution >= 0.6 is 0 Å². The zero-order valence-electron chi connectivity index (χ0n) is 11.3. The number of benzene rings is 1. The highest BCUT2D eigenvalue weighted by molar-refractivity contribution is 7.92. The lowest BCUT2D eigenvalue weighted by molar-refractivity contribution is 0.354. The summed E-state index contributed by atoms with van der Waals surface area (Å²) in [5.41, 5.74) is 0.759. The third-order valence-corrected chi connectivity index (χ3v) is 3.96. The van der Waals surface area contributed by atoms with E-state index in [2.05, 4.69) is 14.9 Å². The van der Waals surface area contributed by atoms with Crippen LogP contribution in [0.1, 0.15) is 5.69 Å². The molecule has 0 saturated carbocycles. The molecule has 7 nitrogen and oxygen atoms in total. The van der Waals surface area contributed by atoms with E-state index in [-0.39, 0.29) is 10.7 Å². The molecule has 1 heterocycles. The lowest BCUT2D eigenvalue weighted by Gasteiger charge is -2.10. The van der Waals surface area contributed by atoms with E-state index in [4.69, 9.17) is 9.47 Å². The molecular formula is C12H15N3O4S. The van der Waals surface area contributed by atoms with Gasteiger partial charge >= 0.3 is 0 Å². The van der Waals surface area contributed by atoms with Gasteiger partial charge in [-0.15, -0.1) is 0 Å². The van der Waals surface area contributed by atoms with E-state index < -0.39 is 10.0 Å². The summed E-state index contributed by atoms with van der Waals surface area (Å²) in [6, 6.07) is 5.95. The first-order chi connectivity index (χ1) is 9.46. The third kappa shape index (κ3) is 2.85. The number of anilines is 1. The van der Waals surface area contributed by atoms with E-state index in [1.165, 1.54) is 32.4 Å². The number of nitrogens with one attached hydrogen (secondary N) is 2. The molecule has 0 atom stereocenters. The van der Waals surface area contributed by atoms with Gasteiger partial charge in [-0.3, -0.25) is 9.82 Å². The van der Waals surface area contributed by atoms with Crippen molar-refractivity contribution in [1.82, 2.24) is 10.2 Å². The molecule has 1 aromatic heterocycles. The lowest BCUT2D eigenvalue weighted by Crippen LogP contribution is -2.13. The number of ether oxygens (including phenoxy) is 2. The molecule has 0 unspecified atom stereocenters. The SMILES string of the molecule is COc1ccc(S(=O)(=O)Nc2cc(C)[nH]n2)cc1OC. The third-order valence-electron chi connectivity index (χ3n) is 2.61. The molecule has 0 aliphatic carbocycles. The molecule has 8 heteroatoms. The fourth-order valence-corrected chi connectivity index (χ4v) is 2.66. The maximum Gasteiger partial charge on any atom is 0.263 e. The van der Waals surface area contributed by atoms with E-state index in [0.29, 0.717) is 11.5 Å². The summed E-state index contributed by atoms with van der Waals surface area (Å²) in [6.45, 7) is 1.78. The van der Waals surface area contributed by atoms with E-state index in [9.17, 15) is 8.42 Å². The second-order valence-corrected chi connectivity index (χ2v) is 5.74. The number of aryl methyl sites for hydroxylation is 1. The number of methoxy groups -OCH3 is 2. The quantitative estimate of drug-likeness (QED) is 0.873. The van der Waals surface area contributed by atoms with Crippen LogP contribution in [0.3, 0.4) is 0 Å². The standard InChI is InChI=1S/C12H15N3O4S/c1-8-6-12(14-13-8)15-20(16,17)9-4-5-10(18-2)11(7-9)19-3/h4-7H,1-3H3,(H2,13,14,15). The second kappa shape index (κ2) is 5.41. The molecule has 1 aromatic carbocycles. The highest BCUT2D eigenvalue weighted by Gasteiger charge is 2.18. The van der Waals surface area contributed by atoms with Crippen LogP contribution in [0.2, 0.25) is 0 Å². The molecule has 2 rings (SSSR count). The molecule has 0 saturated heterocycles. The van der Waals surface area contributed by atoms with Gasteiger partial charge < -0.3 is 9.47 Å². The number of hydrogen-bond acceptors (Lipinski definition) is 5. The Labute approximate surface area is 117 Å². The largest absolute Gasteiger partial charge is 0.493 e. The second-order valence-electron chi connectivity index (χ2n) is 4.06. The normalized spacial score (nSPS) is 11.2. The van der Waals surface area contributed by atoms with Gasteiger partial charge in [0.05, 0.1) is 19.1 Å². The monoisotopic (exact) mass is 297 g/mol. The van der Waals surface area contributed by atoms with Gasteiger partial charge in [0.2, 0.25) is 0 Å².